The van der Waals surface area contributed by atoms with Gasteiger partial charge >= 0.3 is 0 Å². The highest BCUT2D eigenvalue weighted by molar-refractivity contribution is 5.99. The topological polar surface area (TPSA) is 170 Å². The largest absolute Gasteiger partial charge is 0.494 e. The number of anilines is 3. The van der Waals surface area contributed by atoms with Gasteiger partial charge in [-0.2, -0.15) is 10.4 Å². The van der Waals surface area contributed by atoms with Crippen LogP contribution in [0.3, 0.4) is 0 Å². The maximum Gasteiger partial charge on any atom is 0.271 e. The Kier molecular flexibility index (Phi) is 7.42. The molecule has 2 amide bonds. The number of primary amides is 1. The molecule has 3 aromatic rings. The number of methoxy groups -OCH3 is 2. The van der Waals surface area contributed by atoms with Crippen molar-refractivity contribution in [2.24, 2.45) is 11.7 Å². The van der Waals surface area contributed by atoms with Crippen molar-refractivity contribution in [3.8, 4) is 22.9 Å². The molecule has 0 aliphatic heterocycles. The molecule has 0 radical (unpaired) electrons. The Morgan fingerprint density at radius 2 is 1.90 bits per heavy atom. The molecule has 0 unspecified atom stereocenters. The first-order chi connectivity index (χ1) is 18.9. The van der Waals surface area contributed by atoms with E-state index in [0.29, 0.717) is 22.6 Å². The number of rotatable bonds is 9. The zero-order chi connectivity index (χ0) is 27.5. The van der Waals surface area contributed by atoms with Crippen LogP contribution in [0.4, 0.5) is 17.2 Å². The summed E-state index contributed by atoms with van der Waals surface area (Å²) in [5.74, 6) is -0.331. The van der Waals surface area contributed by atoms with Crippen LogP contribution < -0.4 is 21.1 Å². The van der Waals surface area contributed by atoms with Crippen molar-refractivity contribution in [2.75, 3.05) is 24.9 Å². The van der Waals surface area contributed by atoms with Crippen molar-refractivity contribution >= 4 is 29.0 Å². The predicted molar refractivity (Wildman–Crippen MR) is 142 cm³/mol. The molecule has 0 spiro atoms. The molecule has 4 N–H and O–H groups in total. The molecule has 2 aliphatic carbocycles. The lowest BCUT2D eigenvalue weighted by molar-refractivity contribution is -0.117. The number of ether oxygens (including phenoxy) is 2. The van der Waals surface area contributed by atoms with Gasteiger partial charge in [-0.3, -0.25) is 14.3 Å². The number of nitrogens with zero attached hydrogens (tertiary/aromatic N) is 5. The highest BCUT2D eigenvalue weighted by atomic mass is 16.5. The van der Waals surface area contributed by atoms with Crippen molar-refractivity contribution in [3.05, 3.63) is 41.9 Å². The summed E-state index contributed by atoms with van der Waals surface area (Å²) in [4.78, 5) is 24.3. The standard InChI is InChI=1S/C27H30N8O4/c1-38-22-9-4-3-8-21(22)35-14-17(20(13-28)34-35)16-6-5-7-18(25(16)39-2)30-19-12-23(31-27(37)15-10-11-15)32-33-24(19)26(29)36/h5-7,12,14-15,21-22H,3-4,8-11H2,1-2H3,(H2,29,36)(H2,30,31,32,37)/t21-,22+/m0/s1. The van der Waals surface area contributed by atoms with Crippen molar-refractivity contribution in [1.29, 1.82) is 5.26 Å². The number of carbonyl (C=O) groups excluding carboxylic acids is 2. The Balaban J connectivity index is 1.51. The van der Waals surface area contributed by atoms with Crippen LogP contribution in [-0.4, -0.2) is 52.1 Å². The second kappa shape index (κ2) is 11.1. The fourth-order valence-corrected chi connectivity index (χ4v) is 5.01. The van der Waals surface area contributed by atoms with E-state index in [0.717, 1.165) is 38.5 Å². The average molecular weight is 531 g/mol. The molecule has 2 aromatic heterocycles. The van der Waals surface area contributed by atoms with Crippen LogP contribution in [0.25, 0.3) is 11.1 Å². The maximum absolute atomic E-state index is 12.2. The number of carbonyl (C=O) groups is 2. The van der Waals surface area contributed by atoms with Gasteiger partial charge in [0.1, 0.15) is 11.8 Å². The summed E-state index contributed by atoms with van der Waals surface area (Å²) in [6.45, 7) is 0. The van der Waals surface area contributed by atoms with Crippen LogP contribution in [0.15, 0.2) is 30.5 Å². The molecule has 2 atom stereocenters. The van der Waals surface area contributed by atoms with E-state index in [-0.39, 0.29) is 46.9 Å². The molecular formula is C27H30N8O4. The highest BCUT2D eigenvalue weighted by Crippen LogP contribution is 2.41. The lowest BCUT2D eigenvalue weighted by Gasteiger charge is -2.30. The van der Waals surface area contributed by atoms with Crippen LogP contribution in [0.5, 0.6) is 5.75 Å². The molecular weight excluding hydrogens is 500 g/mol. The summed E-state index contributed by atoms with van der Waals surface area (Å²) >= 11 is 0. The molecule has 0 bridgehead atoms. The van der Waals surface area contributed by atoms with Gasteiger partial charge < -0.3 is 25.8 Å². The second-order valence-electron chi connectivity index (χ2n) is 9.74. The summed E-state index contributed by atoms with van der Waals surface area (Å²) in [7, 11) is 3.22. The van der Waals surface area contributed by atoms with Gasteiger partial charge in [-0.1, -0.05) is 25.0 Å². The molecule has 39 heavy (non-hydrogen) atoms. The molecule has 2 fully saturated rings. The van der Waals surface area contributed by atoms with E-state index in [1.54, 1.807) is 19.2 Å². The Hall–Kier alpha value is -4.50. The van der Waals surface area contributed by atoms with Crippen molar-refractivity contribution < 1.29 is 19.1 Å². The summed E-state index contributed by atoms with van der Waals surface area (Å²) in [6.07, 6.45) is 7.56. The van der Waals surface area contributed by atoms with E-state index >= 15 is 0 Å². The monoisotopic (exact) mass is 530 g/mol. The molecule has 12 heteroatoms. The molecule has 2 saturated carbocycles. The third-order valence-corrected chi connectivity index (χ3v) is 7.15. The number of aromatic nitrogens is 4. The number of nitrogens with one attached hydrogen (secondary N) is 2. The fraction of sp³-hybridized carbons (Fsp3) is 0.407. The van der Waals surface area contributed by atoms with E-state index in [2.05, 4.69) is 32.0 Å². The van der Waals surface area contributed by atoms with E-state index in [4.69, 9.17) is 15.2 Å². The molecule has 0 saturated heterocycles. The smallest absolute Gasteiger partial charge is 0.271 e. The maximum atomic E-state index is 12.2. The van der Waals surface area contributed by atoms with Crippen LogP contribution in [0, 0.1) is 17.2 Å². The van der Waals surface area contributed by atoms with Gasteiger partial charge in [-0.15, -0.1) is 10.2 Å². The third kappa shape index (κ3) is 5.39. The zero-order valence-electron chi connectivity index (χ0n) is 21.8. The Morgan fingerprint density at radius 3 is 2.59 bits per heavy atom. The Labute approximate surface area is 225 Å². The van der Waals surface area contributed by atoms with E-state index in [1.807, 2.05) is 16.9 Å². The average Bonchev–Trinajstić information content (AvgIpc) is 3.72. The lowest BCUT2D eigenvalue weighted by Crippen LogP contribution is -2.29. The van der Waals surface area contributed by atoms with Gasteiger partial charge in [0.25, 0.3) is 5.91 Å². The quantitative estimate of drug-likeness (QED) is 0.374. The first kappa shape index (κ1) is 26.1. The van der Waals surface area contributed by atoms with Crippen LogP contribution in [-0.2, 0) is 9.53 Å². The first-order valence-electron chi connectivity index (χ1n) is 12.9. The van der Waals surface area contributed by atoms with Crippen LogP contribution in [0.2, 0.25) is 0 Å². The molecule has 202 valence electrons. The number of hydrogen-bond acceptors (Lipinski definition) is 9. The van der Waals surface area contributed by atoms with Crippen LogP contribution >= 0.6 is 0 Å². The molecule has 12 nitrogen and oxygen atoms in total. The van der Waals surface area contributed by atoms with Crippen LogP contribution in [0.1, 0.15) is 60.7 Å². The van der Waals surface area contributed by atoms with Gasteiger partial charge in [-0.25, -0.2) is 0 Å². The van der Waals surface area contributed by atoms with Gasteiger partial charge in [0.2, 0.25) is 5.91 Å². The number of nitrogens with two attached hydrogens (primary N) is 1. The number of amides is 2. The van der Waals surface area contributed by atoms with E-state index < -0.39 is 5.91 Å². The van der Waals surface area contributed by atoms with Crippen molar-refractivity contribution in [2.45, 2.75) is 50.7 Å². The van der Waals surface area contributed by atoms with Gasteiger partial charge in [0, 0.05) is 36.4 Å². The van der Waals surface area contributed by atoms with Gasteiger partial charge in [0.15, 0.2) is 17.2 Å². The minimum atomic E-state index is -0.784. The Morgan fingerprint density at radius 1 is 1.10 bits per heavy atom. The predicted octanol–water partition coefficient (Wildman–Crippen LogP) is 3.54. The summed E-state index contributed by atoms with van der Waals surface area (Å²) < 4.78 is 13.3. The lowest BCUT2D eigenvalue weighted by atomic mass is 9.92. The number of para-hydroxylation sites is 1. The SMILES string of the molecule is COc1c(Nc2cc(NC(=O)C3CC3)nnc2C(N)=O)cccc1-c1cn([C@H]2CCCC[C@H]2OC)nc1C#N. The molecule has 2 aliphatic rings. The Bertz CT molecular complexity index is 1440. The zero-order valence-corrected chi connectivity index (χ0v) is 21.8. The second-order valence-corrected chi connectivity index (χ2v) is 9.74. The summed E-state index contributed by atoms with van der Waals surface area (Å²) in [6, 6.07) is 9.13. The van der Waals surface area contributed by atoms with Gasteiger partial charge in [-0.05, 0) is 31.7 Å². The number of nitriles is 1. The van der Waals surface area contributed by atoms with Crippen molar-refractivity contribution in [3.63, 3.8) is 0 Å². The normalized spacial score (nSPS) is 18.7. The van der Waals surface area contributed by atoms with E-state index in [9.17, 15) is 14.9 Å². The summed E-state index contributed by atoms with van der Waals surface area (Å²) in [5.41, 5.74) is 7.71. The van der Waals surface area contributed by atoms with E-state index in [1.165, 1.54) is 13.2 Å². The minimum Gasteiger partial charge on any atom is -0.494 e. The number of benzene rings is 1. The summed E-state index contributed by atoms with van der Waals surface area (Å²) in [5, 5.41) is 28.2. The first-order valence-corrected chi connectivity index (χ1v) is 12.9. The number of hydrogen-bond donors (Lipinski definition) is 3. The minimum absolute atomic E-state index is 0.0222. The van der Waals surface area contributed by atoms with Gasteiger partial charge in [0.05, 0.1) is 30.6 Å². The highest BCUT2D eigenvalue weighted by Gasteiger charge is 2.31. The molecule has 5 rings (SSSR count). The third-order valence-electron chi connectivity index (χ3n) is 7.15. The fourth-order valence-electron chi connectivity index (χ4n) is 5.01. The van der Waals surface area contributed by atoms with Crippen molar-refractivity contribution in [1.82, 2.24) is 20.0 Å². The molecule has 1 aromatic carbocycles. The molecule has 2 heterocycles.